The Hall–Kier alpha value is -2.13. The molecule has 0 spiro atoms. The molecule has 0 aliphatic heterocycles. The van der Waals surface area contributed by atoms with Crippen molar-refractivity contribution in [2.75, 3.05) is 11.9 Å². The Morgan fingerprint density at radius 3 is 2.56 bits per heavy atom. The highest BCUT2D eigenvalue weighted by molar-refractivity contribution is 7.89. The van der Waals surface area contributed by atoms with E-state index in [1.807, 2.05) is 0 Å². The SMILES string of the molecule is CC(=O)Nc1ccc(S(=O)(=O)NCCc2cn3cc(Cl)cc(Cl)c3n2)cc1. The van der Waals surface area contributed by atoms with Crippen LogP contribution in [0.2, 0.25) is 10.0 Å². The average molecular weight is 427 g/mol. The molecule has 0 aliphatic carbocycles. The van der Waals surface area contributed by atoms with Crippen LogP contribution in [0, 0.1) is 0 Å². The molecule has 1 aromatic carbocycles. The zero-order valence-corrected chi connectivity index (χ0v) is 16.6. The van der Waals surface area contributed by atoms with Gasteiger partial charge in [0.15, 0.2) is 5.65 Å². The van der Waals surface area contributed by atoms with Crippen LogP contribution in [0.3, 0.4) is 0 Å². The number of aromatic nitrogens is 2. The molecule has 0 unspecified atom stereocenters. The molecule has 0 saturated heterocycles. The summed E-state index contributed by atoms with van der Waals surface area (Å²) in [6, 6.07) is 7.52. The van der Waals surface area contributed by atoms with E-state index in [2.05, 4.69) is 15.0 Å². The lowest BCUT2D eigenvalue weighted by Gasteiger charge is -2.07. The first-order chi connectivity index (χ1) is 12.7. The number of rotatable bonds is 6. The zero-order chi connectivity index (χ0) is 19.6. The summed E-state index contributed by atoms with van der Waals surface area (Å²) in [4.78, 5) is 15.5. The number of nitrogens with one attached hydrogen (secondary N) is 2. The first-order valence-electron chi connectivity index (χ1n) is 7.94. The van der Waals surface area contributed by atoms with Gasteiger partial charge in [0.1, 0.15) is 0 Å². The Morgan fingerprint density at radius 1 is 1.19 bits per heavy atom. The topological polar surface area (TPSA) is 92.6 Å². The minimum Gasteiger partial charge on any atom is -0.326 e. The van der Waals surface area contributed by atoms with E-state index in [0.717, 1.165) is 0 Å². The van der Waals surface area contributed by atoms with Crippen LogP contribution in [0.5, 0.6) is 0 Å². The number of carbonyl (C=O) groups is 1. The van der Waals surface area contributed by atoms with Crippen molar-refractivity contribution < 1.29 is 13.2 Å². The van der Waals surface area contributed by atoms with Gasteiger partial charge in [-0.05, 0) is 30.3 Å². The van der Waals surface area contributed by atoms with Crippen LogP contribution < -0.4 is 10.0 Å². The highest BCUT2D eigenvalue weighted by Crippen LogP contribution is 2.22. The standard InChI is InChI=1S/C17H16Cl2N4O3S/c1-11(24)21-13-2-4-15(5-3-13)27(25,26)20-7-6-14-10-23-9-12(18)8-16(19)17(23)22-14/h2-5,8-10,20H,6-7H2,1H3,(H,21,24). The number of nitrogens with zero attached hydrogens (tertiary/aromatic N) is 2. The van der Waals surface area contributed by atoms with E-state index in [1.165, 1.54) is 31.2 Å². The molecule has 0 saturated carbocycles. The van der Waals surface area contributed by atoms with Gasteiger partial charge in [-0.2, -0.15) is 0 Å². The maximum atomic E-state index is 12.4. The van der Waals surface area contributed by atoms with Gasteiger partial charge in [0.2, 0.25) is 15.9 Å². The molecule has 2 aromatic heterocycles. The van der Waals surface area contributed by atoms with E-state index in [9.17, 15) is 13.2 Å². The van der Waals surface area contributed by atoms with Crippen LogP contribution in [-0.4, -0.2) is 30.3 Å². The average Bonchev–Trinajstić information content (AvgIpc) is 2.97. The van der Waals surface area contributed by atoms with Gasteiger partial charge in [0.25, 0.3) is 0 Å². The number of halogens is 2. The second-order valence-electron chi connectivity index (χ2n) is 5.82. The number of pyridine rings is 1. The molecule has 0 aliphatic rings. The first kappa shape index (κ1) is 19.6. The maximum Gasteiger partial charge on any atom is 0.240 e. The Morgan fingerprint density at radius 2 is 1.89 bits per heavy atom. The lowest BCUT2D eigenvalue weighted by molar-refractivity contribution is -0.114. The fourth-order valence-corrected chi connectivity index (χ4v) is 4.07. The summed E-state index contributed by atoms with van der Waals surface area (Å²) >= 11 is 12.1. The van der Waals surface area contributed by atoms with E-state index in [1.54, 1.807) is 22.9 Å². The molecular formula is C17H16Cl2N4O3S. The largest absolute Gasteiger partial charge is 0.326 e. The zero-order valence-electron chi connectivity index (χ0n) is 14.2. The van der Waals surface area contributed by atoms with Crippen molar-refractivity contribution in [3.8, 4) is 0 Å². The molecule has 27 heavy (non-hydrogen) atoms. The summed E-state index contributed by atoms with van der Waals surface area (Å²) in [6.07, 6.45) is 3.82. The molecule has 0 fully saturated rings. The lowest BCUT2D eigenvalue weighted by atomic mass is 10.3. The maximum absolute atomic E-state index is 12.4. The number of sulfonamides is 1. The summed E-state index contributed by atoms with van der Waals surface area (Å²) in [5.41, 5.74) is 1.78. The van der Waals surface area contributed by atoms with Gasteiger partial charge >= 0.3 is 0 Å². The van der Waals surface area contributed by atoms with Crippen LogP contribution in [0.1, 0.15) is 12.6 Å². The van der Waals surface area contributed by atoms with Crippen LogP contribution in [0.4, 0.5) is 5.69 Å². The van der Waals surface area contributed by atoms with Gasteiger partial charge in [-0.25, -0.2) is 18.1 Å². The Labute approximate surface area is 166 Å². The summed E-state index contributed by atoms with van der Waals surface area (Å²) < 4.78 is 29.0. The molecule has 7 nitrogen and oxygen atoms in total. The van der Waals surface area contributed by atoms with Crippen molar-refractivity contribution in [3.63, 3.8) is 0 Å². The van der Waals surface area contributed by atoms with E-state index < -0.39 is 10.0 Å². The third-order valence-electron chi connectivity index (χ3n) is 3.68. The predicted molar refractivity (Wildman–Crippen MR) is 105 cm³/mol. The number of hydrogen-bond donors (Lipinski definition) is 2. The van der Waals surface area contributed by atoms with E-state index in [0.29, 0.717) is 33.5 Å². The number of hydrogen-bond acceptors (Lipinski definition) is 4. The van der Waals surface area contributed by atoms with Crippen molar-refractivity contribution in [1.82, 2.24) is 14.1 Å². The minimum atomic E-state index is -3.67. The van der Waals surface area contributed by atoms with Gasteiger partial charge in [0.05, 0.1) is 20.6 Å². The quantitative estimate of drug-likeness (QED) is 0.632. The van der Waals surface area contributed by atoms with E-state index in [4.69, 9.17) is 23.2 Å². The van der Waals surface area contributed by atoms with Crippen LogP contribution in [-0.2, 0) is 21.2 Å². The van der Waals surface area contributed by atoms with E-state index >= 15 is 0 Å². The molecule has 3 rings (SSSR count). The summed E-state index contributed by atoms with van der Waals surface area (Å²) in [6.45, 7) is 1.55. The third-order valence-corrected chi connectivity index (χ3v) is 5.64. The monoisotopic (exact) mass is 426 g/mol. The molecule has 0 radical (unpaired) electrons. The Kier molecular flexibility index (Phi) is 5.71. The Balaban J connectivity index is 1.65. The van der Waals surface area contributed by atoms with E-state index in [-0.39, 0.29) is 17.3 Å². The predicted octanol–water partition coefficient (Wildman–Crippen LogP) is 3.12. The fourth-order valence-electron chi connectivity index (χ4n) is 2.51. The number of amides is 1. The van der Waals surface area contributed by atoms with Crippen molar-refractivity contribution in [2.45, 2.75) is 18.2 Å². The number of anilines is 1. The molecule has 2 N–H and O–H groups in total. The third kappa shape index (κ3) is 4.78. The lowest BCUT2D eigenvalue weighted by Crippen LogP contribution is -2.26. The molecule has 1 amide bonds. The van der Waals surface area contributed by atoms with Crippen LogP contribution in [0.15, 0.2) is 47.6 Å². The summed E-state index contributed by atoms with van der Waals surface area (Å²) in [5, 5.41) is 3.49. The number of fused-ring (bicyclic) bond motifs is 1. The second-order valence-corrected chi connectivity index (χ2v) is 8.43. The van der Waals surface area contributed by atoms with Crippen molar-refractivity contribution in [2.24, 2.45) is 0 Å². The summed E-state index contributed by atoms with van der Waals surface area (Å²) in [7, 11) is -3.67. The smallest absolute Gasteiger partial charge is 0.240 e. The van der Waals surface area contributed by atoms with Gasteiger partial charge in [-0.3, -0.25) is 4.79 Å². The van der Waals surface area contributed by atoms with Crippen LogP contribution in [0.25, 0.3) is 5.65 Å². The number of imidazole rings is 1. The Bertz CT molecular complexity index is 1100. The van der Waals surface area contributed by atoms with Gasteiger partial charge < -0.3 is 9.72 Å². The minimum absolute atomic E-state index is 0.112. The normalized spacial score (nSPS) is 11.7. The molecule has 0 atom stereocenters. The van der Waals surface area contributed by atoms with Gasteiger partial charge in [-0.1, -0.05) is 23.2 Å². The van der Waals surface area contributed by atoms with Crippen molar-refractivity contribution in [3.05, 3.63) is 58.5 Å². The molecule has 0 bridgehead atoms. The molecular weight excluding hydrogens is 411 g/mol. The van der Waals surface area contributed by atoms with Crippen LogP contribution >= 0.6 is 23.2 Å². The molecule has 3 aromatic rings. The second kappa shape index (κ2) is 7.85. The summed E-state index contributed by atoms with van der Waals surface area (Å²) in [5.74, 6) is -0.224. The fraction of sp³-hybridized carbons (Fsp3) is 0.176. The van der Waals surface area contributed by atoms with Gasteiger partial charge in [0, 0.05) is 38.0 Å². The first-order valence-corrected chi connectivity index (χ1v) is 10.2. The number of carbonyl (C=O) groups excluding carboxylic acids is 1. The highest BCUT2D eigenvalue weighted by Gasteiger charge is 2.14. The highest BCUT2D eigenvalue weighted by atomic mass is 35.5. The molecule has 2 heterocycles. The number of benzene rings is 1. The van der Waals surface area contributed by atoms with Crippen molar-refractivity contribution >= 4 is 50.5 Å². The molecule has 10 heteroatoms. The molecule has 142 valence electrons. The van der Waals surface area contributed by atoms with Crippen molar-refractivity contribution in [1.29, 1.82) is 0 Å². The van der Waals surface area contributed by atoms with Gasteiger partial charge in [-0.15, -0.1) is 0 Å².